The molecule has 0 bridgehead atoms. The second-order valence-corrected chi connectivity index (χ2v) is 7.10. The number of aryl methyl sites for hydroxylation is 1. The van der Waals surface area contributed by atoms with Gasteiger partial charge < -0.3 is 15.0 Å². The van der Waals surface area contributed by atoms with Crippen molar-refractivity contribution in [2.24, 2.45) is 12.0 Å². The van der Waals surface area contributed by atoms with E-state index in [-0.39, 0.29) is 24.0 Å². The first-order chi connectivity index (χ1) is 13.2. The first kappa shape index (κ1) is 22.7. The van der Waals surface area contributed by atoms with Crippen molar-refractivity contribution in [2.45, 2.75) is 38.8 Å². The third kappa shape index (κ3) is 5.94. The third-order valence-corrected chi connectivity index (χ3v) is 5.06. The van der Waals surface area contributed by atoms with Crippen LogP contribution in [0.4, 0.5) is 0 Å². The van der Waals surface area contributed by atoms with E-state index in [1.165, 1.54) is 16.7 Å². The highest BCUT2D eigenvalue weighted by Crippen LogP contribution is 2.26. The normalized spacial score (nSPS) is 16.9. The van der Waals surface area contributed by atoms with Gasteiger partial charge in [-0.3, -0.25) is 9.67 Å². The summed E-state index contributed by atoms with van der Waals surface area (Å²) in [4.78, 5) is 6.84. The number of nitrogens with one attached hydrogen (secondary N) is 1. The van der Waals surface area contributed by atoms with Crippen molar-refractivity contribution < 1.29 is 4.74 Å². The molecule has 0 amide bonds. The molecule has 7 heteroatoms. The van der Waals surface area contributed by atoms with Crippen LogP contribution in [0.1, 0.15) is 42.4 Å². The quantitative estimate of drug-likeness (QED) is 0.275. The molecule has 1 aromatic carbocycles. The van der Waals surface area contributed by atoms with Crippen LogP contribution in [0, 0.1) is 0 Å². The number of aromatic nitrogens is 2. The van der Waals surface area contributed by atoms with Gasteiger partial charge in [-0.25, -0.2) is 0 Å². The zero-order valence-corrected chi connectivity index (χ0v) is 19.4. The Morgan fingerprint density at radius 2 is 2.11 bits per heavy atom. The molecule has 1 aliphatic rings. The van der Waals surface area contributed by atoms with Crippen LogP contribution in [0.3, 0.4) is 0 Å². The van der Waals surface area contributed by atoms with Gasteiger partial charge >= 0.3 is 0 Å². The summed E-state index contributed by atoms with van der Waals surface area (Å²) >= 11 is 0. The Balaban J connectivity index is 0.00000280. The maximum Gasteiger partial charge on any atom is 0.193 e. The molecule has 0 spiro atoms. The molecule has 0 saturated carbocycles. The summed E-state index contributed by atoms with van der Waals surface area (Å²) < 4.78 is 7.61. The van der Waals surface area contributed by atoms with E-state index in [2.05, 4.69) is 57.7 Å². The maximum absolute atomic E-state index is 5.73. The van der Waals surface area contributed by atoms with E-state index >= 15 is 0 Å². The Kier molecular flexibility index (Phi) is 9.24. The molecule has 2 aromatic rings. The smallest absolute Gasteiger partial charge is 0.193 e. The van der Waals surface area contributed by atoms with Gasteiger partial charge in [0.1, 0.15) is 0 Å². The van der Waals surface area contributed by atoms with Crippen LogP contribution in [0.5, 0.6) is 0 Å². The predicted molar refractivity (Wildman–Crippen MR) is 124 cm³/mol. The van der Waals surface area contributed by atoms with Gasteiger partial charge in [0.25, 0.3) is 0 Å². The molecule has 1 saturated heterocycles. The number of hydrogen-bond donors (Lipinski definition) is 1. The molecule has 28 heavy (non-hydrogen) atoms. The topological polar surface area (TPSA) is 54.7 Å². The summed E-state index contributed by atoms with van der Waals surface area (Å²) in [6, 6.07) is 8.45. The van der Waals surface area contributed by atoms with Gasteiger partial charge in [-0.15, -0.1) is 24.0 Å². The van der Waals surface area contributed by atoms with Gasteiger partial charge in [0.05, 0.1) is 12.8 Å². The number of benzene rings is 1. The highest BCUT2D eigenvalue weighted by atomic mass is 127. The Bertz CT molecular complexity index is 761. The fourth-order valence-electron chi connectivity index (χ4n) is 3.58. The molecule has 1 aliphatic heterocycles. The van der Waals surface area contributed by atoms with Crippen LogP contribution >= 0.6 is 24.0 Å². The second-order valence-electron chi connectivity index (χ2n) is 7.10. The number of nitrogens with zero attached hydrogens (tertiary/aromatic N) is 4. The van der Waals surface area contributed by atoms with Crippen molar-refractivity contribution >= 4 is 29.9 Å². The number of aliphatic imine (C=N–C) groups is 1. The lowest BCUT2D eigenvalue weighted by atomic mass is 10.0. The molecule has 1 unspecified atom stereocenters. The van der Waals surface area contributed by atoms with Crippen LogP contribution < -0.4 is 5.32 Å². The molecular weight excluding hydrogens is 465 g/mol. The molecule has 6 nitrogen and oxygen atoms in total. The minimum absolute atomic E-state index is 0. The molecule has 0 aliphatic carbocycles. The lowest BCUT2D eigenvalue weighted by Gasteiger charge is -2.22. The lowest BCUT2D eigenvalue weighted by Crippen LogP contribution is -2.39. The van der Waals surface area contributed by atoms with Gasteiger partial charge in [0.2, 0.25) is 0 Å². The van der Waals surface area contributed by atoms with Crippen molar-refractivity contribution in [3.8, 4) is 0 Å². The Hall–Kier alpha value is -1.61. The van der Waals surface area contributed by atoms with E-state index in [9.17, 15) is 0 Å². The third-order valence-electron chi connectivity index (χ3n) is 5.06. The maximum atomic E-state index is 5.73. The van der Waals surface area contributed by atoms with E-state index < -0.39 is 0 Å². The minimum Gasteiger partial charge on any atom is -0.377 e. The first-order valence-corrected chi connectivity index (χ1v) is 9.80. The van der Waals surface area contributed by atoms with Crippen LogP contribution in [0.25, 0.3) is 0 Å². The Labute approximate surface area is 185 Å². The molecular formula is C21H32IN5O. The van der Waals surface area contributed by atoms with Gasteiger partial charge in [0, 0.05) is 52.5 Å². The van der Waals surface area contributed by atoms with E-state index in [0.717, 1.165) is 45.0 Å². The van der Waals surface area contributed by atoms with Gasteiger partial charge in [-0.1, -0.05) is 31.2 Å². The number of halogens is 1. The molecule has 1 aromatic heterocycles. The van der Waals surface area contributed by atoms with E-state index in [1.807, 2.05) is 25.0 Å². The van der Waals surface area contributed by atoms with Crippen molar-refractivity contribution in [1.29, 1.82) is 0 Å². The summed E-state index contributed by atoms with van der Waals surface area (Å²) in [5.41, 5.74) is 3.81. The summed E-state index contributed by atoms with van der Waals surface area (Å²) in [5.74, 6) is 1.48. The van der Waals surface area contributed by atoms with Crippen molar-refractivity contribution in [1.82, 2.24) is 20.0 Å². The average molecular weight is 497 g/mol. The lowest BCUT2D eigenvalue weighted by molar-refractivity contribution is 0.121. The summed E-state index contributed by atoms with van der Waals surface area (Å²) in [6.45, 7) is 6.34. The number of likely N-dealkylation sites (tertiary alicyclic amines) is 1. The van der Waals surface area contributed by atoms with E-state index in [0.29, 0.717) is 12.5 Å². The van der Waals surface area contributed by atoms with Crippen LogP contribution in [0.2, 0.25) is 0 Å². The van der Waals surface area contributed by atoms with Crippen molar-refractivity contribution in [2.75, 3.05) is 26.7 Å². The van der Waals surface area contributed by atoms with Crippen molar-refractivity contribution in [3.05, 3.63) is 53.3 Å². The second kappa shape index (κ2) is 11.4. The monoisotopic (exact) mass is 497 g/mol. The van der Waals surface area contributed by atoms with E-state index in [1.54, 1.807) is 0 Å². The summed E-state index contributed by atoms with van der Waals surface area (Å²) in [7, 11) is 3.83. The van der Waals surface area contributed by atoms with Crippen LogP contribution in [0.15, 0.2) is 41.7 Å². The Morgan fingerprint density at radius 3 is 2.79 bits per heavy atom. The predicted octanol–water partition coefficient (Wildman–Crippen LogP) is 3.53. The zero-order valence-electron chi connectivity index (χ0n) is 17.1. The van der Waals surface area contributed by atoms with Crippen molar-refractivity contribution in [3.63, 3.8) is 0 Å². The number of guanidine groups is 1. The fraction of sp³-hybridized carbons (Fsp3) is 0.524. The molecule has 1 atom stereocenters. The summed E-state index contributed by atoms with van der Waals surface area (Å²) in [5, 5.41) is 7.84. The number of ether oxygens (including phenoxy) is 1. The van der Waals surface area contributed by atoms with Crippen LogP contribution in [-0.2, 0) is 24.9 Å². The fourth-order valence-corrected chi connectivity index (χ4v) is 3.58. The SMILES string of the molecule is CCCOCc1ccccc1CNC(=NC)N1CCC(c2cnn(C)c2)C1.I. The average Bonchev–Trinajstić information content (AvgIpc) is 3.33. The molecule has 1 fully saturated rings. The molecule has 0 radical (unpaired) electrons. The standard InChI is InChI=1S/C21H31N5O.HI/c1-4-11-27-16-19-8-6-5-7-17(19)12-23-21(22-2)26-10-9-18(15-26)20-13-24-25(3)14-20;/h5-8,13-14,18H,4,9-12,15-16H2,1-3H3,(H,22,23);1H. The van der Waals surface area contributed by atoms with Gasteiger partial charge in [-0.05, 0) is 29.5 Å². The van der Waals surface area contributed by atoms with Gasteiger partial charge in [0.15, 0.2) is 5.96 Å². The van der Waals surface area contributed by atoms with Gasteiger partial charge in [-0.2, -0.15) is 5.10 Å². The molecule has 2 heterocycles. The minimum atomic E-state index is 0. The summed E-state index contributed by atoms with van der Waals surface area (Å²) in [6.07, 6.45) is 6.28. The number of rotatable bonds is 7. The highest BCUT2D eigenvalue weighted by Gasteiger charge is 2.26. The molecule has 154 valence electrons. The first-order valence-electron chi connectivity index (χ1n) is 9.80. The Morgan fingerprint density at radius 1 is 1.32 bits per heavy atom. The molecule has 3 rings (SSSR count). The van der Waals surface area contributed by atoms with E-state index in [4.69, 9.17) is 4.74 Å². The molecule has 1 N–H and O–H groups in total. The van der Waals surface area contributed by atoms with Crippen LogP contribution in [-0.4, -0.2) is 47.4 Å². The zero-order chi connectivity index (χ0) is 19.1. The number of hydrogen-bond acceptors (Lipinski definition) is 3. The highest BCUT2D eigenvalue weighted by molar-refractivity contribution is 14.0. The largest absolute Gasteiger partial charge is 0.377 e.